The first kappa shape index (κ1) is 19.9. The molecule has 1 rings (SSSR count). The number of carboxylic acids is 1. The van der Waals surface area contributed by atoms with Crippen molar-refractivity contribution in [2.45, 2.75) is 11.7 Å². The van der Waals surface area contributed by atoms with E-state index in [1.54, 1.807) is 0 Å². The normalized spacial score (nSPS) is 19.6. The van der Waals surface area contributed by atoms with Crippen LogP contribution in [0.1, 0.15) is 6.42 Å². The van der Waals surface area contributed by atoms with Crippen molar-refractivity contribution in [2.75, 3.05) is 6.54 Å². The molecule has 0 saturated carbocycles. The van der Waals surface area contributed by atoms with Crippen LogP contribution in [0.5, 0.6) is 0 Å². The SMILES string of the molecule is O=C(O)CN1C(=O)CC(S(=O)(=O)O)C1=O.[NaH].[NaH]. The predicted octanol–water partition coefficient (Wildman–Crippen LogP) is -3.21. The first-order valence-corrected chi connectivity index (χ1v) is 5.26. The molecule has 0 bridgehead atoms. The summed E-state index contributed by atoms with van der Waals surface area (Å²) < 4.78 is 29.8. The Balaban J connectivity index is 0. The van der Waals surface area contributed by atoms with Crippen LogP contribution in [0.4, 0.5) is 0 Å². The van der Waals surface area contributed by atoms with E-state index in [9.17, 15) is 22.8 Å². The van der Waals surface area contributed by atoms with Gasteiger partial charge in [-0.25, -0.2) is 0 Å². The Hall–Kier alpha value is 0.520. The van der Waals surface area contributed by atoms with Crippen molar-refractivity contribution in [3.63, 3.8) is 0 Å². The van der Waals surface area contributed by atoms with Crippen molar-refractivity contribution < 1.29 is 32.5 Å². The van der Waals surface area contributed by atoms with Crippen LogP contribution in [-0.4, -0.2) is 112 Å². The molecular weight excluding hydrogens is 276 g/mol. The first-order valence-electron chi connectivity index (χ1n) is 3.76. The maximum atomic E-state index is 11.2. The number of carbonyl (C=O) groups excluding carboxylic acids is 2. The summed E-state index contributed by atoms with van der Waals surface area (Å²) in [6.07, 6.45) is -0.717. The minimum absolute atomic E-state index is 0. The molecule has 1 heterocycles. The number of imide groups is 1. The second-order valence-corrected chi connectivity index (χ2v) is 4.52. The molecule has 17 heavy (non-hydrogen) atoms. The number of hydrogen-bond donors (Lipinski definition) is 2. The van der Waals surface area contributed by atoms with Gasteiger partial charge >= 0.3 is 65.1 Å². The van der Waals surface area contributed by atoms with Crippen LogP contribution in [0.25, 0.3) is 0 Å². The molecule has 2 amide bonds. The van der Waals surface area contributed by atoms with Crippen molar-refractivity contribution >= 4 is 87.0 Å². The topological polar surface area (TPSA) is 129 Å². The molecule has 1 saturated heterocycles. The van der Waals surface area contributed by atoms with Gasteiger partial charge in [-0.3, -0.25) is 23.8 Å². The van der Waals surface area contributed by atoms with E-state index < -0.39 is 46.1 Å². The molecule has 0 aliphatic carbocycles. The number of carbonyl (C=O) groups is 3. The van der Waals surface area contributed by atoms with E-state index in [2.05, 4.69) is 0 Å². The Morgan fingerprint density at radius 3 is 2.12 bits per heavy atom. The maximum absolute atomic E-state index is 11.2. The molecule has 0 radical (unpaired) electrons. The summed E-state index contributed by atoms with van der Waals surface area (Å²) in [6.45, 7) is -0.899. The molecule has 0 aromatic rings. The van der Waals surface area contributed by atoms with Gasteiger partial charge < -0.3 is 5.11 Å². The zero-order valence-corrected chi connectivity index (χ0v) is 8.10. The predicted molar refractivity (Wildman–Crippen MR) is 58.6 cm³/mol. The molecule has 11 heteroatoms. The Kier molecular flexibility index (Phi) is 8.40. The van der Waals surface area contributed by atoms with Crippen molar-refractivity contribution in [3.8, 4) is 0 Å². The van der Waals surface area contributed by atoms with Crippen LogP contribution in [0, 0.1) is 0 Å². The quantitative estimate of drug-likeness (QED) is 0.317. The molecule has 2 N–H and O–H groups in total. The van der Waals surface area contributed by atoms with Crippen LogP contribution in [-0.2, 0) is 24.5 Å². The molecule has 88 valence electrons. The number of nitrogens with zero attached hydrogens (tertiary/aromatic N) is 1. The van der Waals surface area contributed by atoms with E-state index in [1.807, 2.05) is 0 Å². The fraction of sp³-hybridized carbons (Fsp3) is 0.500. The Morgan fingerprint density at radius 2 is 1.82 bits per heavy atom. The van der Waals surface area contributed by atoms with Gasteiger partial charge in [0.25, 0.3) is 16.0 Å². The summed E-state index contributed by atoms with van der Waals surface area (Å²) in [5.74, 6) is -3.57. The van der Waals surface area contributed by atoms with Gasteiger partial charge in [0.1, 0.15) is 6.54 Å². The summed E-state index contributed by atoms with van der Waals surface area (Å²) >= 11 is 0. The van der Waals surface area contributed by atoms with Crippen LogP contribution >= 0.6 is 0 Å². The molecule has 1 atom stereocenters. The Morgan fingerprint density at radius 1 is 1.35 bits per heavy atom. The summed E-state index contributed by atoms with van der Waals surface area (Å²) in [4.78, 5) is 32.8. The molecule has 1 unspecified atom stereocenters. The van der Waals surface area contributed by atoms with E-state index in [0.717, 1.165) is 0 Å². The Labute approximate surface area is 141 Å². The van der Waals surface area contributed by atoms with Gasteiger partial charge in [-0.05, 0) is 0 Å². The average Bonchev–Trinajstić information content (AvgIpc) is 2.30. The van der Waals surface area contributed by atoms with Gasteiger partial charge in [-0.2, -0.15) is 8.42 Å². The van der Waals surface area contributed by atoms with E-state index in [0.29, 0.717) is 4.90 Å². The van der Waals surface area contributed by atoms with E-state index in [1.165, 1.54) is 0 Å². The van der Waals surface area contributed by atoms with Gasteiger partial charge in [0.05, 0.1) is 6.42 Å². The van der Waals surface area contributed by atoms with Crippen LogP contribution < -0.4 is 0 Å². The van der Waals surface area contributed by atoms with Crippen molar-refractivity contribution in [1.82, 2.24) is 4.90 Å². The van der Waals surface area contributed by atoms with Gasteiger partial charge in [0.15, 0.2) is 5.25 Å². The van der Waals surface area contributed by atoms with Gasteiger partial charge in [0.2, 0.25) is 5.91 Å². The Bertz CT molecular complexity index is 434. The number of hydrogen-bond acceptors (Lipinski definition) is 5. The van der Waals surface area contributed by atoms with E-state index >= 15 is 0 Å². The average molecular weight is 285 g/mol. The summed E-state index contributed by atoms with van der Waals surface area (Å²) in [7, 11) is -4.66. The van der Waals surface area contributed by atoms with E-state index in [-0.39, 0.29) is 59.1 Å². The zero-order valence-electron chi connectivity index (χ0n) is 7.28. The number of rotatable bonds is 3. The third kappa shape index (κ3) is 4.95. The molecule has 1 aliphatic rings. The number of aliphatic carboxylic acids is 1. The molecule has 0 aromatic heterocycles. The molecule has 8 nitrogen and oxygen atoms in total. The van der Waals surface area contributed by atoms with Gasteiger partial charge in [-0.15, -0.1) is 0 Å². The van der Waals surface area contributed by atoms with E-state index in [4.69, 9.17) is 9.66 Å². The second kappa shape index (κ2) is 7.19. The van der Waals surface area contributed by atoms with Gasteiger partial charge in [0, 0.05) is 0 Å². The zero-order chi connectivity index (χ0) is 11.8. The molecule has 0 aromatic carbocycles. The summed E-state index contributed by atoms with van der Waals surface area (Å²) in [6, 6.07) is 0. The summed E-state index contributed by atoms with van der Waals surface area (Å²) in [5.41, 5.74) is 0. The standard InChI is InChI=1S/C6H7NO7S.2Na.2H/c8-4-1-3(15(12,13)14)6(11)7(4)2-5(9)10;;;;/h3H,1-2H2,(H,9,10)(H,12,13,14);;;;. The fourth-order valence-corrected chi connectivity index (χ4v) is 1.92. The third-order valence-electron chi connectivity index (χ3n) is 1.86. The molecular formula is C6H9NNa2O7S. The molecule has 1 fully saturated rings. The van der Waals surface area contributed by atoms with Crippen LogP contribution in [0.15, 0.2) is 0 Å². The van der Waals surface area contributed by atoms with Crippen molar-refractivity contribution in [3.05, 3.63) is 0 Å². The minimum atomic E-state index is -4.66. The van der Waals surface area contributed by atoms with Crippen LogP contribution in [0.3, 0.4) is 0 Å². The second-order valence-electron chi connectivity index (χ2n) is 2.92. The summed E-state index contributed by atoms with van der Waals surface area (Å²) in [5, 5.41) is 6.47. The molecule has 0 spiro atoms. The van der Waals surface area contributed by atoms with Crippen LogP contribution in [0.2, 0.25) is 0 Å². The third-order valence-corrected chi connectivity index (χ3v) is 2.94. The van der Waals surface area contributed by atoms with Crippen molar-refractivity contribution in [1.29, 1.82) is 0 Å². The number of amides is 2. The van der Waals surface area contributed by atoms with Crippen molar-refractivity contribution in [2.24, 2.45) is 0 Å². The number of likely N-dealkylation sites (tertiary alicyclic amines) is 1. The monoisotopic (exact) mass is 285 g/mol. The number of carboxylic acid groups (broad SMARTS) is 1. The first-order chi connectivity index (χ1) is 6.73. The molecule has 1 aliphatic heterocycles. The fourth-order valence-electron chi connectivity index (χ4n) is 1.19. The van der Waals surface area contributed by atoms with Gasteiger partial charge in [-0.1, -0.05) is 0 Å².